The van der Waals surface area contributed by atoms with Gasteiger partial charge < -0.3 is 20.1 Å². The van der Waals surface area contributed by atoms with Crippen LogP contribution in [0.2, 0.25) is 0 Å². The molecule has 98 valence electrons. The van der Waals surface area contributed by atoms with Gasteiger partial charge in [-0.15, -0.1) is 0 Å². The van der Waals surface area contributed by atoms with Gasteiger partial charge in [-0.25, -0.2) is 9.59 Å². The number of nitrogens with one attached hydrogen (secondary N) is 1. The lowest BCUT2D eigenvalue weighted by Gasteiger charge is -2.22. The minimum absolute atomic E-state index is 0.531. The highest BCUT2D eigenvalue weighted by Gasteiger charge is 2.12. The predicted molar refractivity (Wildman–Crippen MR) is 65.3 cm³/mol. The number of hydrogen-bond acceptors (Lipinski definition) is 3. The van der Waals surface area contributed by atoms with Gasteiger partial charge in [0.25, 0.3) is 0 Å². The molecule has 0 radical (unpaired) electrons. The van der Waals surface area contributed by atoms with E-state index in [1.165, 1.54) is 5.69 Å². The standard InChI is InChI=1S/C8H12N2.C4H4O4/c1-7-8-3-2-5-10(8)6-4-9-7;5-3(6)1-2-4(7)8/h2-3,5,7,9H,4,6H2,1H3;1-2H,(H,5,6)(H,7,8)/b;2-1-. The quantitative estimate of drug-likeness (QED) is 0.679. The van der Waals surface area contributed by atoms with E-state index in [1.807, 2.05) is 0 Å². The van der Waals surface area contributed by atoms with E-state index in [1.54, 1.807) is 0 Å². The SMILES string of the molecule is CC1NCCn2cccc21.O=C(O)/C=C\C(=O)O. The van der Waals surface area contributed by atoms with E-state index in [9.17, 15) is 9.59 Å². The Labute approximate surface area is 105 Å². The zero-order valence-corrected chi connectivity index (χ0v) is 10.0. The average molecular weight is 252 g/mol. The molecule has 1 atom stereocenters. The molecule has 3 N–H and O–H groups in total. The van der Waals surface area contributed by atoms with Gasteiger partial charge in [0.05, 0.1) is 0 Å². The van der Waals surface area contributed by atoms with Gasteiger partial charge in [-0.05, 0) is 19.1 Å². The molecule has 6 nitrogen and oxygen atoms in total. The smallest absolute Gasteiger partial charge is 0.328 e. The molecule has 1 aromatic heterocycles. The molecule has 0 saturated carbocycles. The van der Waals surface area contributed by atoms with Crippen LogP contribution in [0.5, 0.6) is 0 Å². The number of aromatic nitrogens is 1. The van der Waals surface area contributed by atoms with Crippen molar-refractivity contribution < 1.29 is 19.8 Å². The van der Waals surface area contributed by atoms with Gasteiger partial charge in [0.15, 0.2) is 0 Å². The van der Waals surface area contributed by atoms with Gasteiger partial charge >= 0.3 is 11.9 Å². The van der Waals surface area contributed by atoms with Crippen LogP contribution in [0.3, 0.4) is 0 Å². The summed E-state index contributed by atoms with van der Waals surface area (Å²) in [6.07, 6.45) is 3.26. The van der Waals surface area contributed by atoms with E-state index < -0.39 is 11.9 Å². The second kappa shape index (κ2) is 6.61. The van der Waals surface area contributed by atoms with E-state index in [0.717, 1.165) is 13.1 Å². The highest BCUT2D eigenvalue weighted by Crippen LogP contribution is 2.15. The molecule has 0 saturated heterocycles. The third-order valence-electron chi connectivity index (χ3n) is 2.48. The highest BCUT2D eigenvalue weighted by molar-refractivity contribution is 5.89. The molecule has 0 spiro atoms. The van der Waals surface area contributed by atoms with E-state index in [4.69, 9.17) is 10.2 Å². The normalized spacial score (nSPS) is 17.7. The minimum Gasteiger partial charge on any atom is -0.478 e. The van der Waals surface area contributed by atoms with Gasteiger partial charge in [-0.1, -0.05) is 0 Å². The molecule has 0 aromatic carbocycles. The van der Waals surface area contributed by atoms with Gasteiger partial charge in [0, 0.05) is 43.2 Å². The van der Waals surface area contributed by atoms with Crippen molar-refractivity contribution in [2.24, 2.45) is 0 Å². The van der Waals surface area contributed by atoms with Crippen molar-refractivity contribution in [1.82, 2.24) is 9.88 Å². The summed E-state index contributed by atoms with van der Waals surface area (Å²) in [6, 6.07) is 4.82. The van der Waals surface area contributed by atoms with E-state index in [2.05, 4.69) is 35.1 Å². The van der Waals surface area contributed by atoms with Gasteiger partial charge in [-0.2, -0.15) is 0 Å². The van der Waals surface area contributed by atoms with Crippen LogP contribution in [0.25, 0.3) is 0 Å². The van der Waals surface area contributed by atoms with Gasteiger partial charge in [-0.3, -0.25) is 0 Å². The molecule has 2 rings (SSSR count). The molecule has 1 unspecified atom stereocenters. The third-order valence-corrected chi connectivity index (χ3v) is 2.48. The van der Waals surface area contributed by atoms with Crippen LogP contribution in [-0.4, -0.2) is 33.3 Å². The first kappa shape index (κ1) is 14.0. The highest BCUT2D eigenvalue weighted by atomic mass is 16.4. The molecular formula is C12H16N2O4. The Morgan fingerprint density at radius 1 is 1.39 bits per heavy atom. The van der Waals surface area contributed by atoms with Crippen LogP contribution in [0, 0.1) is 0 Å². The van der Waals surface area contributed by atoms with Crippen molar-refractivity contribution in [1.29, 1.82) is 0 Å². The summed E-state index contributed by atoms with van der Waals surface area (Å²) in [4.78, 5) is 19.1. The van der Waals surface area contributed by atoms with Gasteiger partial charge in [0.1, 0.15) is 0 Å². The van der Waals surface area contributed by atoms with Crippen molar-refractivity contribution in [3.05, 3.63) is 36.2 Å². The Morgan fingerprint density at radius 3 is 2.50 bits per heavy atom. The summed E-state index contributed by atoms with van der Waals surface area (Å²) >= 11 is 0. The molecule has 1 aliphatic heterocycles. The topological polar surface area (TPSA) is 91.6 Å². The van der Waals surface area contributed by atoms with E-state index in [0.29, 0.717) is 18.2 Å². The summed E-state index contributed by atoms with van der Waals surface area (Å²) in [7, 11) is 0. The van der Waals surface area contributed by atoms with E-state index >= 15 is 0 Å². The molecule has 18 heavy (non-hydrogen) atoms. The number of carboxylic acid groups (broad SMARTS) is 2. The number of hydrogen-bond donors (Lipinski definition) is 3. The molecule has 0 bridgehead atoms. The summed E-state index contributed by atoms with van der Waals surface area (Å²) < 4.78 is 2.31. The van der Waals surface area contributed by atoms with Crippen LogP contribution < -0.4 is 5.32 Å². The monoisotopic (exact) mass is 252 g/mol. The predicted octanol–water partition coefficient (Wildman–Crippen LogP) is 0.864. The Morgan fingerprint density at radius 2 is 2.00 bits per heavy atom. The number of carbonyl (C=O) groups is 2. The van der Waals surface area contributed by atoms with Gasteiger partial charge in [0.2, 0.25) is 0 Å². The first-order valence-corrected chi connectivity index (χ1v) is 5.53. The fourth-order valence-corrected chi connectivity index (χ4v) is 1.67. The second-order valence-electron chi connectivity index (χ2n) is 3.81. The molecule has 1 aromatic rings. The lowest BCUT2D eigenvalue weighted by atomic mass is 10.2. The van der Waals surface area contributed by atoms with Crippen LogP contribution in [0.15, 0.2) is 30.5 Å². The minimum atomic E-state index is -1.26. The first-order chi connectivity index (χ1) is 8.50. The molecule has 2 heterocycles. The summed E-state index contributed by atoms with van der Waals surface area (Å²) in [6.45, 7) is 4.42. The fraction of sp³-hybridized carbons (Fsp3) is 0.333. The Kier molecular flexibility index (Phi) is 5.13. The van der Waals surface area contributed by atoms with Crippen molar-refractivity contribution in [3.63, 3.8) is 0 Å². The molecule has 6 heteroatoms. The molecule has 0 fully saturated rings. The van der Waals surface area contributed by atoms with Crippen molar-refractivity contribution >= 4 is 11.9 Å². The summed E-state index contributed by atoms with van der Waals surface area (Å²) in [5.74, 6) is -2.51. The van der Waals surface area contributed by atoms with Crippen molar-refractivity contribution in [3.8, 4) is 0 Å². The van der Waals surface area contributed by atoms with Crippen LogP contribution in [0.1, 0.15) is 18.7 Å². The van der Waals surface area contributed by atoms with Crippen LogP contribution in [0.4, 0.5) is 0 Å². The van der Waals surface area contributed by atoms with Crippen molar-refractivity contribution in [2.75, 3.05) is 6.54 Å². The number of rotatable bonds is 2. The molecule has 1 aliphatic rings. The zero-order valence-electron chi connectivity index (χ0n) is 10.0. The number of fused-ring (bicyclic) bond motifs is 1. The molecule has 0 amide bonds. The van der Waals surface area contributed by atoms with E-state index in [-0.39, 0.29) is 0 Å². The van der Waals surface area contributed by atoms with Crippen LogP contribution >= 0.6 is 0 Å². The lowest BCUT2D eigenvalue weighted by molar-refractivity contribution is -0.134. The summed E-state index contributed by atoms with van der Waals surface area (Å²) in [5.41, 5.74) is 1.41. The fourth-order valence-electron chi connectivity index (χ4n) is 1.67. The van der Waals surface area contributed by atoms with Crippen molar-refractivity contribution in [2.45, 2.75) is 19.5 Å². The maximum absolute atomic E-state index is 9.55. The van der Waals surface area contributed by atoms with Crippen LogP contribution in [-0.2, 0) is 16.1 Å². The summed E-state index contributed by atoms with van der Waals surface area (Å²) in [5, 5.41) is 19.0. The second-order valence-corrected chi connectivity index (χ2v) is 3.81. The Bertz CT molecular complexity index is 435. The maximum Gasteiger partial charge on any atom is 0.328 e. The number of nitrogens with zero attached hydrogens (tertiary/aromatic N) is 1. The Balaban J connectivity index is 0.000000187. The lowest BCUT2D eigenvalue weighted by Crippen LogP contribution is -2.30. The maximum atomic E-state index is 9.55. The third kappa shape index (κ3) is 4.42. The zero-order chi connectivity index (χ0) is 13.5. The average Bonchev–Trinajstić information content (AvgIpc) is 2.77. The molecule has 0 aliphatic carbocycles. The molecular weight excluding hydrogens is 236 g/mol. The Hall–Kier alpha value is -2.08. The number of carboxylic acids is 2. The largest absolute Gasteiger partial charge is 0.478 e. The number of aliphatic carboxylic acids is 2. The first-order valence-electron chi connectivity index (χ1n) is 5.53.